The van der Waals surface area contributed by atoms with Crippen LogP contribution in [0, 0.1) is 0 Å². The number of carbonyl (C=O) groups excluding carboxylic acids is 2. The SMILES string of the molecule is CCCCCCCc1cccc(OCCCCCC(=O)NC2(CC(=O)CCC)CC[N+](C)(C)CC2)c1. The Kier molecular flexibility index (Phi) is 13.5. The summed E-state index contributed by atoms with van der Waals surface area (Å²) in [6, 6.07) is 8.50. The predicted molar refractivity (Wildman–Crippen MR) is 149 cm³/mol. The summed E-state index contributed by atoms with van der Waals surface area (Å²) in [6.45, 7) is 6.97. The van der Waals surface area contributed by atoms with Crippen molar-refractivity contribution in [3.63, 3.8) is 0 Å². The Hall–Kier alpha value is -1.88. The molecule has 0 bridgehead atoms. The van der Waals surface area contributed by atoms with Crippen molar-refractivity contribution in [3.8, 4) is 5.75 Å². The predicted octanol–water partition coefficient (Wildman–Crippen LogP) is 6.62. The summed E-state index contributed by atoms with van der Waals surface area (Å²) in [5.74, 6) is 1.33. The fourth-order valence-corrected chi connectivity index (χ4v) is 5.20. The third-order valence-electron chi connectivity index (χ3n) is 7.64. The maximum absolute atomic E-state index is 12.8. The molecule has 1 aliphatic rings. The third kappa shape index (κ3) is 11.9. The van der Waals surface area contributed by atoms with Gasteiger partial charge in [-0.25, -0.2) is 0 Å². The van der Waals surface area contributed by atoms with Crippen molar-refractivity contribution < 1.29 is 18.8 Å². The number of hydrogen-bond donors (Lipinski definition) is 1. The molecule has 0 aromatic heterocycles. The molecule has 1 N–H and O–H groups in total. The van der Waals surface area contributed by atoms with Crippen molar-refractivity contribution in [2.45, 2.75) is 116 Å². The van der Waals surface area contributed by atoms with Crippen molar-refractivity contribution >= 4 is 11.7 Å². The topological polar surface area (TPSA) is 55.4 Å². The molecule has 204 valence electrons. The Morgan fingerprint density at radius 2 is 1.64 bits per heavy atom. The first-order chi connectivity index (χ1) is 17.3. The molecule has 5 nitrogen and oxygen atoms in total. The van der Waals surface area contributed by atoms with E-state index in [0.717, 1.165) is 68.3 Å². The van der Waals surface area contributed by atoms with E-state index in [1.54, 1.807) is 0 Å². The largest absolute Gasteiger partial charge is 0.494 e. The lowest BCUT2D eigenvalue weighted by Gasteiger charge is -2.44. The number of likely N-dealkylation sites (tertiary alicyclic amines) is 1. The molecule has 0 saturated carbocycles. The highest BCUT2D eigenvalue weighted by molar-refractivity contribution is 5.82. The van der Waals surface area contributed by atoms with E-state index in [4.69, 9.17) is 4.74 Å². The molecule has 0 atom stereocenters. The normalized spacial score (nSPS) is 16.4. The number of unbranched alkanes of at least 4 members (excludes halogenated alkanes) is 6. The van der Waals surface area contributed by atoms with Gasteiger partial charge in [0.25, 0.3) is 0 Å². The lowest BCUT2D eigenvalue weighted by molar-refractivity contribution is -0.896. The van der Waals surface area contributed by atoms with Gasteiger partial charge in [-0.1, -0.05) is 51.7 Å². The molecular formula is C31H53N2O3+. The van der Waals surface area contributed by atoms with Crippen molar-refractivity contribution in [2.75, 3.05) is 33.8 Å². The minimum absolute atomic E-state index is 0.0964. The van der Waals surface area contributed by atoms with E-state index in [0.29, 0.717) is 25.9 Å². The van der Waals surface area contributed by atoms with Crippen LogP contribution in [-0.4, -0.2) is 55.5 Å². The van der Waals surface area contributed by atoms with Gasteiger partial charge in [0.2, 0.25) is 5.91 Å². The molecule has 1 aromatic carbocycles. The van der Waals surface area contributed by atoms with E-state index in [1.165, 1.54) is 37.7 Å². The van der Waals surface area contributed by atoms with Gasteiger partial charge in [0.1, 0.15) is 11.5 Å². The Bertz CT molecular complexity index is 780. The second-order valence-electron chi connectivity index (χ2n) is 11.6. The highest BCUT2D eigenvalue weighted by Crippen LogP contribution is 2.29. The number of aryl methyl sites for hydroxylation is 1. The fourth-order valence-electron chi connectivity index (χ4n) is 5.20. The number of amides is 1. The highest BCUT2D eigenvalue weighted by atomic mass is 16.5. The molecule has 1 aliphatic heterocycles. The van der Waals surface area contributed by atoms with Crippen molar-refractivity contribution in [1.82, 2.24) is 5.32 Å². The first-order valence-electron chi connectivity index (χ1n) is 14.6. The number of rotatable bonds is 18. The Balaban J connectivity index is 1.67. The zero-order chi connectivity index (χ0) is 26.3. The second kappa shape index (κ2) is 16.1. The molecule has 1 fully saturated rings. The number of carbonyl (C=O) groups is 2. The lowest BCUT2D eigenvalue weighted by Crippen LogP contribution is -2.60. The van der Waals surface area contributed by atoms with Crippen LogP contribution in [0.4, 0.5) is 0 Å². The number of Topliss-reactive ketones (excluding diaryl/α,β-unsaturated/α-hetero) is 1. The molecule has 1 aromatic rings. The van der Waals surface area contributed by atoms with Gasteiger partial charge in [-0.15, -0.1) is 0 Å². The Morgan fingerprint density at radius 1 is 0.917 bits per heavy atom. The van der Waals surface area contributed by atoms with Crippen LogP contribution < -0.4 is 10.1 Å². The maximum atomic E-state index is 12.8. The quantitative estimate of drug-likeness (QED) is 0.182. The summed E-state index contributed by atoms with van der Waals surface area (Å²) in [4.78, 5) is 25.2. The van der Waals surface area contributed by atoms with Crippen molar-refractivity contribution in [2.24, 2.45) is 0 Å². The number of piperidine rings is 1. The summed E-state index contributed by atoms with van der Waals surface area (Å²) in [7, 11) is 4.46. The molecule has 0 aliphatic carbocycles. The van der Waals surface area contributed by atoms with E-state index < -0.39 is 0 Å². The highest BCUT2D eigenvalue weighted by Gasteiger charge is 2.41. The van der Waals surface area contributed by atoms with E-state index in [-0.39, 0.29) is 17.2 Å². The summed E-state index contributed by atoms with van der Waals surface area (Å²) in [5.41, 5.74) is 1.01. The third-order valence-corrected chi connectivity index (χ3v) is 7.64. The molecule has 36 heavy (non-hydrogen) atoms. The van der Waals surface area contributed by atoms with Crippen LogP contribution in [0.1, 0.15) is 109 Å². The van der Waals surface area contributed by atoms with Gasteiger partial charge in [-0.2, -0.15) is 0 Å². The Labute approximate surface area is 221 Å². The van der Waals surface area contributed by atoms with Gasteiger partial charge < -0.3 is 14.5 Å². The van der Waals surface area contributed by atoms with Crippen LogP contribution in [-0.2, 0) is 16.0 Å². The average molecular weight is 502 g/mol. The lowest BCUT2D eigenvalue weighted by atomic mass is 9.81. The van der Waals surface area contributed by atoms with Crippen LogP contribution >= 0.6 is 0 Å². The van der Waals surface area contributed by atoms with Gasteiger partial charge in [0.15, 0.2) is 0 Å². The monoisotopic (exact) mass is 501 g/mol. The number of ether oxygens (including phenoxy) is 1. The first kappa shape index (κ1) is 30.3. The van der Waals surface area contributed by atoms with Crippen molar-refractivity contribution in [1.29, 1.82) is 0 Å². The van der Waals surface area contributed by atoms with Crippen LogP contribution in [0.15, 0.2) is 24.3 Å². The number of nitrogens with one attached hydrogen (secondary N) is 1. The first-order valence-corrected chi connectivity index (χ1v) is 14.6. The number of hydrogen-bond acceptors (Lipinski definition) is 3. The summed E-state index contributed by atoms with van der Waals surface area (Å²) < 4.78 is 6.94. The van der Waals surface area contributed by atoms with Gasteiger partial charge in [0, 0.05) is 32.1 Å². The smallest absolute Gasteiger partial charge is 0.220 e. The zero-order valence-corrected chi connectivity index (χ0v) is 23.7. The molecule has 2 rings (SSSR count). The van der Waals surface area contributed by atoms with Crippen LogP contribution in [0.2, 0.25) is 0 Å². The van der Waals surface area contributed by atoms with Crippen LogP contribution in [0.3, 0.4) is 0 Å². The number of quaternary nitrogens is 1. The minimum atomic E-state index is -0.346. The second-order valence-corrected chi connectivity index (χ2v) is 11.6. The van der Waals surface area contributed by atoms with Gasteiger partial charge in [-0.05, 0) is 56.2 Å². The average Bonchev–Trinajstić information content (AvgIpc) is 2.83. The van der Waals surface area contributed by atoms with E-state index >= 15 is 0 Å². The molecule has 1 amide bonds. The molecule has 0 radical (unpaired) electrons. The molecule has 5 heteroatoms. The van der Waals surface area contributed by atoms with E-state index in [2.05, 4.69) is 44.5 Å². The van der Waals surface area contributed by atoms with Gasteiger partial charge in [-0.3, -0.25) is 9.59 Å². The Morgan fingerprint density at radius 3 is 2.36 bits per heavy atom. The molecular weight excluding hydrogens is 448 g/mol. The van der Waals surface area contributed by atoms with Gasteiger partial charge in [0.05, 0.1) is 39.3 Å². The molecule has 1 heterocycles. The number of benzene rings is 1. The summed E-state index contributed by atoms with van der Waals surface area (Å²) in [6.07, 6.45) is 14.6. The number of ketones is 1. The maximum Gasteiger partial charge on any atom is 0.220 e. The van der Waals surface area contributed by atoms with E-state index in [9.17, 15) is 9.59 Å². The molecule has 0 unspecified atom stereocenters. The standard InChI is InChI=1S/C31H52N2O3/c1-5-7-8-9-11-16-27-17-14-18-29(25-27)36-24-13-10-12-19-30(35)32-31(26-28(34)15-6-2)20-22-33(3,4)23-21-31/h14,17-18,25H,5-13,15-16,19-24,26H2,1-4H3/p+1. The van der Waals surface area contributed by atoms with Crippen LogP contribution in [0.25, 0.3) is 0 Å². The number of nitrogens with zero attached hydrogens (tertiary/aromatic N) is 1. The van der Waals surface area contributed by atoms with Crippen LogP contribution in [0.5, 0.6) is 5.75 Å². The van der Waals surface area contributed by atoms with Gasteiger partial charge >= 0.3 is 0 Å². The summed E-state index contributed by atoms with van der Waals surface area (Å²) in [5, 5.41) is 3.31. The van der Waals surface area contributed by atoms with Crippen molar-refractivity contribution in [3.05, 3.63) is 29.8 Å². The molecule has 1 saturated heterocycles. The molecule has 0 spiro atoms. The minimum Gasteiger partial charge on any atom is -0.494 e. The summed E-state index contributed by atoms with van der Waals surface area (Å²) >= 11 is 0. The fraction of sp³-hybridized carbons (Fsp3) is 0.742. The van der Waals surface area contributed by atoms with E-state index in [1.807, 2.05) is 13.0 Å². The zero-order valence-electron chi connectivity index (χ0n) is 23.7.